The van der Waals surface area contributed by atoms with Gasteiger partial charge in [0.1, 0.15) is 5.60 Å². The molecule has 0 heterocycles. The normalized spacial score (nSPS) is 11.6. The standard InChI is InChI=1S/C30H39NO5/c1-31-17-18-32-19-20-33-21-22-34-23-24-35-25-26-36-30(27-11-5-2-6-12-27,28-13-7-3-8-14-28)29-15-9-4-10-16-29/h2-16,31H,17-26H2,1H3. The van der Waals surface area contributed by atoms with Gasteiger partial charge in [0.2, 0.25) is 0 Å². The lowest BCUT2D eigenvalue weighted by Gasteiger charge is -2.36. The van der Waals surface area contributed by atoms with E-state index in [1.54, 1.807) is 0 Å². The molecule has 0 amide bonds. The van der Waals surface area contributed by atoms with Crippen molar-refractivity contribution in [3.05, 3.63) is 108 Å². The molecule has 0 saturated carbocycles. The monoisotopic (exact) mass is 493 g/mol. The third-order valence-electron chi connectivity index (χ3n) is 5.70. The topological polar surface area (TPSA) is 58.2 Å². The van der Waals surface area contributed by atoms with Crippen LogP contribution in [0.5, 0.6) is 0 Å². The molecule has 0 atom stereocenters. The summed E-state index contributed by atoms with van der Waals surface area (Å²) in [5.41, 5.74) is 2.52. The lowest BCUT2D eigenvalue weighted by Crippen LogP contribution is -2.34. The fourth-order valence-electron chi connectivity index (χ4n) is 3.96. The van der Waals surface area contributed by atoms with E-state index >= 15 is 0 Å². The number of ether oxygens (including phenoxy) is 5. The molecule has 3 rings (SSSR count). The van der Waals surface area contributed by atoms with Crippen molar-refractivity contribution in [2.75, 3.05) is 73.1 Å². The van der Waals surface area contributed by atoms with Gasteiger partial charge in [0.05, 0.1) is 59.5 Å². The molecule has 0 aliphatic rings. The van der Waals surface area contributed by atoms with Gasteiger partial charge in [0.15, 0.2) is 0 Å². The van der Waals surface area contributed by atoms with Crippen molar-refractivity contribution in [3.63, 3.8) is 0 Å². The fraction of sp³-hybridized carbons (Fsp3) is 0.400. The fourth-order valence-corrected chi connectivity index (χ4v) is 3.96. The molecule has 0 fully saturated rings. The van der Waals surface area contributed by atoms with Gasteiger partial charge in [0, 0.05) is 6.54 Å². The van der Waals surface area contributed by atoms with Gasteiger partial charge in [-0.1, -0.05) is 91.0 Å². The van der Waals surface area contributed by atoms with E-state index in [1.807, 2.05) is 61.6 Å². The molecule has 194 valence electrons. The van der Waals surface area contributed by atoms with Gasteiger partial charge >= 0.3 is 0 Å². The van der Waals surface area contributed by atoms with E-state index < -0.39 is 5.60 Å². The van der Waals surface area contributed by atoms with E-state index in [9.17, 15) is 0 Å². The highest BCUT2D eigenvalue weighted by Crippen LogP contribution is 2.40. The molecule has 3 aromatic rings. The lowest BCUT2D eigenvalue weighted by molar-refractivity contribution is -0.0383. The molecule has 0 aromatic heterocycles. The zero-order valence-electron chi connectivity index (χ0n) is 21.3. The summed E-state index contributed by atoms with van der Waals surface area (Å²) >= 11 is 0. The molecule has 0 aliphatic heterocycles. The molecule has 6 heteroatoms. The van der Waals surface area contributed by atoms with Crippen LogP contribution in [0.4, 0.5) is 0 Å². The summed E-state index contributed by atoms with van der Waals surface area (Å²) in [6.07, 6.45) is 0. The summed E-state index contributed by atoms with van der Waals surface area (Å²) in [5.74, 6) is 0. The van der Waals surface area contributed by atoms with Crippen LogP contribution in [0.1, 0.15) is 16.7 Å². The average molecular weight is 494 g/mol. The molecule has 6 nitrogen and oxygen atoms in total. The summed E-state index contributed by atoms with van der Waals surface area (Å²) < 4.78 is 29.0. The first-order valence-corrected chi connectivity index (χ1v) is 12.6. The molecule has 1 N–H and O–H groups in total. The summed E-state index contributed by atoms with van der Waals surface area (Å²) in [7, 11) is 1.90. The summed E-state index contributed by atoms with van der Waals surface area (Å²) in [6, 6.07) is 31.1. The number of hydrogen-bond donors (Lipinski definition) is 1. The molecule has 3 aromatic carbocycles. The molecular formula is C30H39NO5. The van der Waals surface area contributed by atoms with Crippen molar-refractivity contribution in [3.8, 4) is 0 Å². The lowest BCUT2D eigenvalue weighted by atomic mass is 9.80. The number of likely N-dealkylation sites (N-methyl/N-ethyl adjacent to an activating group) is 1. The maximum atomic E-state index is 6.69. The predicted octanol–water partition coefficient (Wildman–Crippen LogP) is 4.28. The van der Waals surface area contributed by atoms with E-state index in [-0.39, 0.29) is 0 Å². The zero-order chi connectivity index (χ0) is 25.2. The summed E-state index contributed by atoms with van der Waals surface area (Å²) in [5, 5.41) is 3.04. The third-order valence-corrected chi connectivity index (χ3v) is 5.70. The second kappa shape index (κ2) is 17.0. The molecule has 0 spiro atoms. The van der Waals surface area contributed by atoms with Crippen LogP contribution in [-0.4, -0.2) is 73.1 Å². The van der Waals surface area contributed by atoms with Gasteiger partial charge in [-0.2, -0.15) is 0 Å². The first-order valence-electron chi connectivity index (χ1n) is 12.6. The Morgan fingerprint density at radius 1 is 0.472 bits per heavy atom. The highest BCUT2D eigenvalue weighted by Gasteiger charge is 2.37. The van der Waals surface area contributed by atoms with Crippen LogP contribution in [0.15, 0.2) is 91.0 Å². The van der Waals surface area contributed by atoms with Crippen molar-refractivity contribution in [1.29, 1.82) is 0 Å². The zero-order valence-corrected chi connectivity index (χ0v) is 21.3. The average Bonchev–Trinajstić information content (AvgIpc) is 2.94. The minimum atomic E-state index is -0.724. The Morgan fingerprint density at radius 2 is 0.806 bits per heavy atom. The van der Waals surface area contributed by atoms with Crippen LogP contribution < -0.4 is 5.32 Å². The first-order chi connectivity index (χ1) is 17.9. The van der Waals surface area contributed by atoms with E-state index in [0.29, 0.717) is 59.5 Å². The van der Waals surface area contributed by atoms with E-state index in [0.717, 1.165) is 23.2 Å². The van der Waals surface area contributed by atoms with Crippen LogP contribution in [-0.2, 0) is 29.3 Å². The minimum Gasteiger partial charge on any atom is -0.378 e. The quantitative estimate of drug-likeness (QED) is 0.199. The Hall–Kier alpha value is -2.58. The van der Waals surface area contributed by atoms with Gasteiger partial charge in [-0.05, 0) is 23.7 Å². The number of benzene rings is 3. The Balaban J connectivity index is 1.45. The molecule has 0 saturated heterocycles. The van der Waals surface area contributed by atoms with Crippen molar-refractivity contribution in [2.45, 2.75) is 5.60 Å². The smallest absolute Gasteiger partial charge is 0.143 e. The van der Waals surface area contributed by atoms with Crippen LogP contribution in [0, 0.1) is 0 Å². The Kier molecular flexibility index (Phi) is 13.2. The summed E-state index contributed by atoms with van der Waals surface area (Å²) in [6.45, 7) is 5.73. The van der Waals surface area contributed by atoms with Crippen LogP contribution in [0.3, 0.4) is 0 Å². The Bertz CT molecular complexity index is 827. The predicted molar refractivity (Wildman–Crippen MR) is 142 cm³/mol. The van der Waals surface area contributed by atoms with Gasteiger partial charge in [-0.3, -0.25) is 0 Å². The van der Waals surface area contributed by atoms with Gasteiger partial charge in [-0.25, -0.2) is 0 Å². The number of hydrogen-bond acceptors (Lipinski definition) is 6. The highest BCUT2D eigenvalue weighted by atomic mass is 16.6. The SMILES string of the molecule is CNCCOCCOCCOCCOCCOC(c1ccccc1)(c1ccccc1)c1ccccc1. The largest absolute Gasteiger partial charge is 0.378 e. The maximum absolute atomic E-state index is 6.69. The van der Waals surface area contributed by atoms with Gasteiger partial charge in [0.25, 0.3) is 0 Å². The van der Waals surface area contributed by atoms with Crippen LogP contribution in [0.2, 0.25) is 0 Å². The van der Waals surface area contributed by atoms with Crippen LogP contribution >= 0.6 is 0 Å². The Morgan fingerprint density at radius 3 is 1.17 bits per heavy atom. The van der Waals surface area contributed by atoms with Crippen LogP contribution in [0.25, 0.3) is 0 Å². The first kappa shape index (κ1) is 28.0. The van der Waals surface area contributed by atoms with Gasteiger partial charge < -0.3 is 29.0 Å². The summed E-state index contributed by atoms with van der Waals surface area (Å²) in [4.78, 5) is 0. The maximum Gasteiger partial charge on any atom is 0.143 e. The molecular weight excluding hydrogens is 454 g/mol. The molecule has 0 unspecified atom stereocenters. The highest BCUT2D eigenvalue weighted by molar-refractivity contribution is 5.47. The molecule has 36 heavy (non-hydrogen) atoms. The van der Waals surface area contributed by atoms with E-state index in [4.69, 9.17) is 23.7 Å². The second-order valence-corrected chi connectivity index (χ2v) is 8.18. The molecule has 0 radical (unpaired) electrons. The van der Waals surface area contributed by atoms with Crippen molar-refractivity contribution < 1.29 is 23.7 Å². The van der Waals surface area contributed by atoms with E-state index in [1.165, 1.54) is 0 Å². The van der Waals surface area contributed by atoms with Crippen molar-refractivity contribution in [2.24, 2.45) is 0 Å². The van der Waals surface area contributed by atoms with Crippen molar-refractivity contribution in [1.82, 2.24) is 5.32 Å². The third kappa shape index (κ3) is 8.82. The molecule has 0 aliphatic carbocycles. The van der Waals surface area contributed by atoms with Gasteiger partial charge in [-0.15, -0.1) is 0 Å². The van der Waals surface area contributed by atoms with E-state index in [2.05, 4.69) is 41.7 Å². The second-order valence-electron chi connectivity index (χ2n) is 8.18. The number of rotatable bonds is 19. The minimum absolute atomic E-state index is 0.440. The van der Waals surface area contributed by atoms with Crippen molar-refractivity contribution >= 4 is 0 Å². The number of nitrogens with one attached hydrogen (secondary N) is 1. The molecule has 0 bridgehead atoms. The Labute approximate surface area is 215 Å².